The zero-order chi connectivity index (χ0) is 66.3. The second-order valence-corrected chi connectivity index (χ2v) is 28.8. The Bertz CT molecular complexity index is 1740. The molecule has 0 aromatic heterocycles. The maximum Gasteiger partial charge on any atom is 0.472 e. The molecular weight excluding hydrogens is 1190 g/mol. The summed E-state index contributed by atoms with van der Waals surface area (Å²) in [5, 5.41) is 10.6. The maximum atomic E-state index is 13.0. The number of hydrogen-bond acceptors (Lipinski definition) is 15. The summed E-state index contributed by atoms with van der Waals surface area (Å²) in [6.07, 6.45) is 51.7. The normalized spacial score (nSPS) is 14.4. The number of phosphoric acid groups is 2. The Kier molecular flexibility index (Phi) is 63.0. The van der Waals surface area contributed by atoms with E-state index in [2.05, 4.69) is 34.6 Å². The van der Waals surface area contributed by atoms with Gasteiger partial charge >= 0.3 is 39.5 Å². The van der Waals surface area contributed by atoms with E-state index in [0.717, 1.165) is 102 Å². The predicted molar refractivity (Wildman–Crippen MR) is 363 cm³/mol. The molecule has 0 spiro atoms. The second kappa shape index (κ2) is 64.4. The van der Waals surface area contributed by atoms with Gasteiger partial charge in [-0.25, -0.2) is 9.13 Å². The van der Waals surface area contributed by atoms with Gasteiger partial charge in [-0.05, 0) is 31.6 Å². The summed E-state index contributed by atoms with van der Waals surface area (Å²) in [7, 11) is -9.89. The molecule has 17 nitrogen and oxygen atoms in total. The van der Waals surface area contributed by atoms with Gasteiger partial charge in [0, 0.05) is 25.7 Å². The molecule has 0 saturated carbocycles. The van der Waals surface area contributed by atoms with Crippen LogP contribution in [0.3, 0.4) is 0 Å². The van der Waals surface area contributed by atoms with E-state index in [0.29, 0.717) is 25.7 Å². The highest BCUT2D eigenvalue weighted by Crippen LogP contribution is 2.45. The molecule has 0 fully saturated rings. The first-order chi connectivity index (χ1) is 43.6. The largest absolute Gasteiger partial charge is 0.472 e. The number of ether oxygens (including phenoxy) is 4. The fourth-order valence-corrected chi connectivity index (χ4v) is 12.4. The summed E-state index contributed by atoms with van der Waals surface area (Å²) in [5.74, 6) is -1.32. The van der Waals surface area contributed by atoms with E-state index in [1.807, 2.05) is 0 Å². The first kappa shape index (κ1) is 88.1. The quantitative estimate of drug-likeness (QED) is 0.0222. The standard InChI is InChI=1S/C71H138O17P2/c1-6-10-13-16-18-20-22-23-24-25-26-27-28-29-30-32-38-42-47-52-57-71(76)88-67(61-82-69(74)55-50-45-40-36-34-33-35-39-44-48-53-64(5)9-4)63-86-90(79,80)84-59-65(72)58-83-89(77,78)85-62-66(60-81-68(73)54-49-43-15-12-8-3)87-70(75)56-51-46-41-37-31-21-19-17-14-11-7-2/h64-67,72H,6-63H2,1-5H3,(H,77,78)(H,79,80)/t64?,65-,66+,67+/m0/s1. The van der Waals surface area contributed by atoms with Crippen LogP contribution in [-0.2, 0) is 65.4 Å². The molecule has 0 radical (unpaired) electrons. The Morgan fingerprint density at radius 1 is 0.311 bits per heavy atom. The van der Waals surface area contributed by atoms with E-state index in [-0.39, 0.29) is 25.7 Å². The minimum absolute atomic E-state index is 0.106. The highest BCUT2D eigenvalue weighted by molar-refractivity contribution is 7.47. The van der Waals surface area contributed by atoms with Gasteiger partial charge in [-0.2, -0.15) is 0 Å². The number of carbonyl (C=O) groups excluding carboxylic acids is 4. The number of aliphatic hydroxyl groups excluding tert-OH is 1. The summed E-state index contributed by atoms with van der Waals surface area (Å²) in [6.45, 7) is 7.19. The Labute approximate surface area is 549 Å². The average Bonchev–Trinajstić information content (AvgIpc) is 3.71. The lowest BCUT2D eigenvalue weighted by molar-refractivity contribution is -0.161. The second-order valence-electron chi connectivity index (χ2n) is 25.9. The van der Waals surface area contributed by atoms with Crippen molar-refractivity contribution >= 4 is 39.5 Å². The van der Waals surface area contributed by atoms with Crippen molar-refractivity contribution in [3.05, 3.63) is 0 Å². The summed E-state index contributed by atoms with van der Waals surface area (Å²) < 4.78 is 68.1. The van der Waals surface area contributed by atoms with Gasteiger partial charge in [0.25, 0.3) is 0 Å². The molecule has 3 N–H and O–H groups in total. The number of phosphoric ester groups is 2. The van der Waals surface area contributed by atoms with Crippen LogP contribution in [0, 0.1) is 5.92 Å². The Morgan fingerprint density at radius 3 is 0.789 bits per heavy atom. The van der Waals surface area contributed by atoms with Crippen molar-refractivity contribution in [3.63, 3.8) is 0 Å². The van der Waals surface area contributed by atoms with Crippen molar-refractivity contribution in [2.75, 3.05) is 39.6 Å². The van der Waals surface area contributed by atoms with Crippen molar-refractivity contribution in [3.8, 4) is 0 Å². The Morgan fingerprint density at radius 2 is 0.533 bits per heavy atom. The van der Waals surface area contributed by atoms with Gasteiger partial charge in [-0.3, -0.25) is 37.3 Å². The van der Waals surface area contributed by atoms with Gasteiger partial charge in [0.05, 0.1) is 26.4 Å². The number of unbranched alkanes of at least 4 members (excludes halogenated alkanes) is 42. The highest BCUT2D eigenvalue weighted by atomic mass is 31.2. The fourth-order valence-electron chi connectivity index (χ4n) is 10.8. The van der Waals surface area contributed by atoms with Gasteiger partial charge < -0.3 is 33.8 Å². The molecule has 0 aromatic carbocycles. The summed E-state index contributed by atoms with van der Waals surface area (Å²) in [5.41, 5.74) is 0. The molecule has 3 unspecified atom stereocenters. The molecule has 0 amide bonds. The molecule has 0 heterocycles. The fraction of sp³-hybridized carbons (Fsp3) is 0.944. The van der Waals surface area contributed by atoms with Crippen LogP contribution < -0.4 is 0 Å². The first-order valence-electron chi connectivity index (χ1n) is 37.2. The molecule has 0 saturated heterocycles. The first-order valence-corrected chi connectivity index (χ1v) is 40.2. The number of aliphatic hydroxyl groups is 1. The minimum Gasteiger partial charge on any atom is -0.462 e. The number of carbonyl (C=O) groups is 4. The topological polar surface area (TPSA) is 237 Å². The molecule has 0 aliphatic rings. The summed E-state index contributed by atoms with van der Waals surface area (Å²) in [4.78, 5) is 72.3. The molecule has 0 rings (SSSR count). The maximum absolute atomic E-state index is 13.0. The van der Waals surface area contributed by atoms with E-state index in [4.69, 9.17) is 37.0 Å². The van der Waals surface area contributed by atoms with Crippen LogP contribution in [0.25, 0.3) is 0 Å². The van der Waals surface area contributed by atoms with Crippen LogP contribution in [-0.4, -0.2) is 96.7 Å². The third kappa shape index (κ3) is 63.5. The Hall–Kier alpha value is -1.94. The van der Waals surface area contributed by atoms with Crippen molar-refractivity contribution in [1.29, 1.82) is 0 Å². The van der Waals surface area contributed by atoms with Crippen LogP contribution in [0.15, 0.2) is 0 Å². The SMILES string of the molecule is CCCCCCCCCCCCCCCCCCCCCCC(=O)O[C@H](COC(=O)CCCCCCCCCCCCC(C)CC)COP(=O)(O)OC[C@@H](O)COP(=O)(O)OC[C@@H](COC(=O)CCCCCCC)OC(=O)CCCCCCCCCCCCC. The van der Waals surface area contributed by atoms with Gasteiger partial charge in [-0.15, -0.1) is 0 Å². The van der Waals surface area contributed by atoms with Crippen LogP contribution in [0.1, 0.15) is 369 Å². The molecule has 0 aliphatic heterocycles. The third-order valence-corrected chi connectivity index (χ3v) is 18.8. The monoisotopic (exact) mass is 1320 g/mol. The van der Waals surface area contributed by atoms with E-state index in [1.165, 1.54) is 186 Å². The van der Waals surface area contributed by atoms with Crippen LogP contribution >= 0.6 is 15.6 Å². The average molecular weight is 1330 g/mol. The van der Waals surface area contributed by atoms with Gasteiger partial charge in [0.15, 0.2) is 12.2 Å². The zero-order valence-corrected chi connectivity index (χ0v) is 60.1. The third-order valence-electron chi connectivity index (χ3n) is 16.9. The van der Waals surface area contributed by atoms with Crippen LogP contribution in [0.2, 0.25) is 0 Å². The lowest BCUT2D eigenvalue weighted by Gasteiger charge is -2.21. The van der Waals surface area contributed by atoms with E-state index >= 15 is 0 Å². The summed E-state index contributed by atoms with van der Waals surface area (Å²) >= 11 is 0. The zero-order valence-electron chi connectivity index (χ0n) is 58.3. The smallest absolute Gasteiger partial charge is 0.462 e. The molecule has 0 aromatic rings. The highest BCUT2D eigenvalue weighted by Gasteiger charge is 2.30. The van der Waals surface area contributed by atoms with E-state index in [1.54, 1.807) is 0 Å². The number of hydrogen-bond donors (Lipinski definition) is 3. The lowest BCUT2D eigenvalue weighted by Crippen LogP contribution is -2.30. The minimum atomic E-state index is -4.95. The molecule has 6 atom stereocenters. The van der Waals surface area contributed by atoms with Crippen molar-refractivity contribution in [2.24, 2.45) is 5.92 Å². The van der Waals surface area contributed by atoms with Crippen LogP contribution in [0.4, 0.5) is 0 Å². The van der Waals surface area contributed by atoms with Gasteiger partial charge in [0.2, 0.25) is 0 Å². The predicted octanol–water partition coefficient (Wildman–Crippen LogP) is 20.5. The van der Waals surface area contributed by atoms with Crippen molar-refractivity contribution < 1.29 is 80.2 Å². The van der Waals surface area contributed by atoms with Gasteiger partial charge in [0.1, 0.15) is 19.3 Å². The number of rotatable bonds is 71. The Balaban J connectivity index is 5.13. The van der Waals surface area contributed by atoms with E-state index in [9.17, 15) is 43.2 Å². The number of esters is 4. The van der Waals surface area contributed by atoms with Gasteiger partial charge in [-0.1, -0.05) is 317 Å². The molecule has 534 valence electrons. The molecular formula is C71H138O17P2. The molecule has 90 heavy (non-hydrogen) atoms. The van der Waals surface area contributed by atoms with Crippen molar-refractivity contribution in [2.45, 2.75) is 387 Å². The van der Waals surface area contributed by atoms with Crippen LogP contribution in [0.5, 0.6) is 0 Å². The summed E-state index contributed by atoms with van der Waals surface area (Å²) in [6, 6.07) is 0. The van der Waals surface area contributed by atoms with Crippen molar-refractivity contribution in [1.82, 2.24) is 0 Å². The molecule has 0 bridgehead atoms. The molecule has 0 aliphatic carbocycles. The van der Waals surface area contributed by atoms with E-state index < -0.39 is 97.5 Å². The molecule has 19 heteroatoms. The lowest BCUT2D eigenvalue weighted by atomic mass is 9.99.